The zero-order valence-electron chi connectivity index (χ0n) is 13.6. The molecule has 2 N–H and O–H groups in total. The second-order valence-corrected chi connectivity index (χ2v) is 7.05. The standard InChI is InChI=1S/C19H30N2/c1-14(12-19-8-5-11-20-19)21-15(2)17-10-9-16-6-3-4-7-18(16)13-17/h9-10,13-15,19-21H,3-8,11-12H2,1-2H3. The van der Waals surface area contributed by atoms with Gasteiger partial charge in [-0.2, -0.15) is 0 Å². The number of rotatable bonds is 5. The summed E-state index contributed by atoms with van der Waals surface area (Å²) >= 11 is 0. The summed E-state index contributed by atoms with van der Waals surface area (Å²) in [6.45, 7) is 5.84. The first-order valence-corrected chi connectivity index (χ1v) is 8.83. The molecule has 0 aromatic heterocycles. The first-order chi connectivity index (χ1) is 10.2. The predicted octanol–water partition coefficient (Wildman–Crippen LogP) is 3.75. The van der Waals surface area contributed by atoms with Gasteiger partial charge in [0.05, 0.1) is 0 Å². The topological polar surface area (TPSA) is 24.1 Å². The first kappa shape index (κ1) is 15.1. The summed E-state index contributed by atoms with van der Waals surface area (Å²) < 4.78 is 0. The molecule has 1 fully saturated rings. The molecule has 2 nitrogen and oxygen atoms in total. The summed E-state index contributed by atoms with van der Waals surface area (Å²) in [5, 5.41) is 7.39. The van der Waals surface area contributed by atoms with Crippen molar-refractivity contribution in [1.82, 2.24) is 10.6 Å². The van der Waals surface area contributed by atoms with E-state index >= 15 is 0 Å². The van der Waals surface area contributed by atoms with Crippen LogP contribution in [0.4, 0.5) is 0 Å². The molecule has 0 radical (unpaired) electrons. The van der Waals surface area contributed by atoms with Crippen LogP contribution in [0.1, 0.15) is 68.7 Å². The van der Waals surface area contributed by atoms with Gasteiger partial charge in [-0.15, -0.1) is 0 Å². The summed E-state index contributed by atoms with van der Waals surface area (Å²) in [6.07, 6.45) is 9.22. The minimum absolute atomic E-state index is 0.452. The molecule has 1 aliphatic carbocycles. The van der Waals surface area contributed by atoms with Crippen molar-refractivity contribution < 1.29 is 0 Å². The molecule has 0 spiro atoms. The van der Waals surface area contributed by atoms with Gasteiger partial charge >= 0.3 is 0 Å². The van der Waals surface area contributed by atoms with Crippen LogP contribution in [-0.2, 0) is 12.8 Å². The van der Waals surface area contributed by atoms with Crippen LogP contribution in [0.5, 0.6) is 0 Å². The Hall–Kier alpha value is -0.860. The molecule has 1 aliphatic heterocycles. The molecular weight excluding hydrogens is 256 g/mol. The van der Waals surface area contributed by atoms with E-state index in [1.807, 2.05) is 0 Å². The minimum Gasteiger partial charge on any atom is -0.314 e. The molecule has 116 valence electrons. The Morgan fingerprint density at radius 1 is 1.14 bits per heavy atom. The molecule has 0 amide bonds. The highest BCUT2D eigenvalue weighted by molar-refractivity contribution is 5.35. The van der Waals surface area contributed by atoms with Crippen molar-refractivity contribution in [2.45, 2.75) is 76.9 Å². The van der Waals surface area contributed by atoms with Crippen molar-refractivity contribution in [3.05, 3.63) is 34.9 Å². The fourth-order valence-corrected chi connectivity index (χ4v) is 4.00. The molecule has 0 saturated carbocycles. The molecule has 1 aromatic rings. The maximum Gasteiger partial charge on any atom is 0.0294 e. The van der Waals surface area contributed by atoms with Crippen molar-refractivity contribution >= 4 is 0 Å². The van der Waals surface area contributed by atoms with E-state index in [2.05, 4.69) is 42.7 Å². The third-order valence-corrected chi connectivity index (χ3v) is 5.21. The maximum atomic E-state index is 3.79. The quantitative estimate of drug-likeness (QED) is 0.861. The van der Waals surface area contributed by atoms with Crippen LogP contribution in [0, 0.1) is 0 Å². The number of nitrogens with one attached hydrogen (secondary N) is 2. The van der Waals surface area contributed by atoms with Gasteiger partial charge in [-0.1, -0.05) is 18.2 Å². The van der Waals surface area contributed by atoms with Crippen LogP contribution < -0.4 is 10.6 Å². The van der Waals surface area contributed by atoms with Crippen molar-refractivity contribution in [2.75, 3.05) is 6.54 Å². The fourth-order valence-electron chi connectivity index (χ4n) is 4.00. The zero-order chi connectivity index (χ0) is 14.7. The smallest absolute Gasteiger partial charge is 0.0294 e. The summed E-state index contributed by atoms with van der Waals surface area (Å²) in [4.78, 5) is 0. The van der Waals surface area contributed by atoms with E-state index in [-0.39, 0.29) is 0 Å². The first-order valence-electron chi connectivity index (χ1n) is 8.83. The molecular formula is C19H30N2. The number of aryl methyl sites for hydroxylation is 2. The van der Waals surface area contributed by atoms with E-state index in [0.29, 0.717) is 12.1 Å². The normalized spacial score (nSPS) is 24.6. The van der Waals surface area contributed by atoms with E-state index in [9.17, 15) is 0 Å². The van der Waals surface area contributed by atoms with Gasteiger partial charge < -0.3 is 10.6 Å². The second kappa shape index (κ2) is 6.93. The number of benzene rings is 1. The SMILES string of the molecule is CC(CC1CCCN1)NC(C)c1ccc2c(c1)CCCC2. The molecule has 3 rings (SSSR count). The van der Waals surface area contributed by atoms with E-state index in [0.717, 1.165) is 6.04 Å². The molecule has 3 atom stereocenters. The Bertz CT molecular complexity index is 463. The van der Waals surface area contributed by atoms with E-state index < -0.39 is 0 Å². The third kappa shape index (κ3) is 3.87. The monoisotopic (exact) mass is 286 g/mol. The minimum atomic E-state index is 0.452. The van der Waals surface area contributed by atoms with Gasteiger partial charge in [-0.3, -0.25) is 0 Å². The number of fused-ring (bicyclic) bond motifs is 1. The van der Waals surface area contributed by atoms with E-state index in [1.54, 1.807) is 11.1 Å². The van der Waals surface area contributed by atoms with Gasteiger partial charge in [0.2, 0.25) is 0 Å². The van der Waals surface area contributed by atoms with Crippen molar-refractivity contribution in [3.8, 4) is 0 Å². The summed E-state index contributed by atoms with van der Waals surface area (Å²) in [5.41, 5.74) is 4.64. The molecule has 21 heavy (non-hydrogen) atoms. The van der Waals surface area contributed by atoms with Gasteiger partial charge in [-0.25, -0.2) is 0 Å². The number of hydrogen-bond donors (Lipinski definition) is 2. The maximum absolute atomic E-state index is 3.79. The lowest BCUT2D eigenvalue weighted by atomic mass is 9.89. The van der Waals surface area contributed by atoms with Gasteiger partial charge in [0.15, 0.2) is 0 Å². The van der Waals surface area contributed by atoms with Gasteiger partial charge in [0.1, 0.15) is 0 Å². The van der Waals surface area contributed by atoms with E-state index in [4.69, 9.17) is 0 Å². The molecule has 1 aromatic carbocycles. The van der Waals surface area contributed by atoms with Crippen molar-refractivity contribution in [3.63, 3.8) is 0 Å². The highest BCUT2D eigenvalue weighted by Gasteiger charge is 2.19. The predicted molar refractivity (Wildman–Crippen MR) is 89.7 cm³/mol. The lowest BCUT2D eigenvalue weighted by Gasteiger charge is -2.24. The van der Waals surface area contributed by atoms with Crippen LogP contribution in [-0.4, -0.2) is 18.6 Å². The van der Waals surface area contributed by atoms with Gasteiger partial charge in [0, 0.05) is 18.1 Å². The summed E-state index contributed by atoms with van der Waals surface area (Å²) in [5.74, 6) is 0. The Balaban J connectivity index is 1.57. The average molecular weight is 286 g/mol. The Labute approximate surface area is 129 Å². The lowest BCUT2D eigenvalue weighted by Crippen LogP contribution is -2.35. The highest BCUT2D eigenvalue weighted by atomic mass is 15.0. The molecule has 0 bridgehead atoms. The molecule has 2 heteroatoms. The second-order valence-electron chi connectivity index (χ2n) is 7.05. The van der Waals surface area contributed by atoms with Crippen molar-refractivity contribution in [1.29, 1.82) is 0 Å². The third-order valence-electron chi connectivity index (χ3n) is 5.21. The number of hydrogen-bond acceptors (Lipinski definition) is 2. The fraction of sp³-hybridized carbons (Fsp3) is 0.684. The molecule has 3 unspecified atom stereocenters. The zero-order valence-corrected chi connectivity index (χ0v) is 13.6. The molecule has 1 saturated heterocycles. The summed E-state index contributed by atoms with van der Waals surface area (Å²) in [7, 11) is 0. The Kier molecular flexibility index (Phi) is 4.97. The Morgan fingerprint density at radius 3 is 2.71 bits per heavy atom. The molecule has 1 heterocycles. The lowest BCUT2D eigenvalue weighted by molar-refractivity contribution is 0.407. The Morgan fingerprint density at radius 2 is 1.95 bits per heavy atom. The van der Waals surface area contributed by atoms with Crippen LogP contribution in [0.3, 0.4) is 0 Å². The van der Waals surface area contributed by atoms with Crippen LogP contribution in [0.15, 0.2) is 18.2 Å². The van der Waals surface area contributed by atoms with Crippen LogP contribution in [0.25, 0.3) is 0 Å². The van der Waals surface area contributed by atoms with Crippen molar-refractivity contribution in [2.24, 2.45) is 0 Å². The van der Waals surface area contributed by atoms with Gasteiger partial charge in [-0.05, 0) is 82.0 Å². The molecule has 2 aliphatic rings. The van der Waals surface area contributed by atoms with Crippen LogP contribution >= 0.6 is 0 Å². The highest BCUT2D eigenvalue weighted by Crippen LogP contribution is 2.25. The average Bonchev–Trinajstić information content (AvgIpc) is 2.99. The van der Waals surface area contributed by atoms with E-state index in [1.165, 1.54) is 57.1 Å². The summed E-state index contributed by atoms with van der Waals surface area (Å²) in [6, 6.07) is 8.91. The van der Waals surface area contributed by atoms with Gasteiger partial charge in [0.25, 0.3) is 0 Å². The van der Waals surface area contributed by atoms with Crippen LogP contribution in [0.2, 0.25) is 0 Å². The largest absolute Gasteiger partial charge is 0.314 e.